The minimum absolute atomic E-state index is 0. The maximum absolute atomic E-state index is 5.04. The smallest absolute Gasteiger partial charge is 0.779 e. The van der Waals surface area contributed by atoms with Gasteiger partial charge in [0.05, 0.1) is 0 Å². The molecule has 2 heteroatoms. The summed E-state index contributed by atoms with van der Waals surface area (Å²) in [5.74, 6) is 0. The first-order valence-corrected chi connectivity index (χ1v) is 3.36. The zero-order valence-corrected chi connectivity index (χ0v) is 7.46. The maximum atomic E-state index is 5.04. The van der Waals surface area contributed by atoms with Crippen molar-refractivity contribution in [3.05, 3.63) is 29.3 Å². The number of aryl methyl sites for hydroxylation is 1. The van der Waals surface area contributed by atoms with Gasteiger partial charge in [-0.3, -0.25) is 0 Å². The summed E-state index contributed by atoms with van der Waals surface area (Å²) in [7, 11) is 0. The van der Waals surface area contributed by atoms with Crippen LogP contribution >= 0.6 is 0 Å². The first-order chi connectivity index (χ1) is 4.22. The molecule has 0 aromatic heterocycles. The molecule has 0 nitrogen and oxygen atoms in total. The number of hydrogen-bond acceptors (Lipinski definition) is 1. The maximum Gasteiger partial charge on any atom is 1.00 e. The zero-order chi connectivity index (χ0) is 6.85. The Morgan fingerprint density at radius 1 is 1.20 bits per heavy atom. The summed E-state index contributed by atoms with van der Waals surface area (Å²) in [6, 6.07) is 6.02. The third kappa shape index (κ3) is 2.02. The third-order valence-electron chi connectivity index (χ3n) is 1.55. The van der Waals surface area contributed by atoms with Crippen LogP contribution in [0.2, 0.25) is 0 Å². The van der Waals surface area contributed by atoms with Gasteiger partial charge in [-0.1, -0.05) is 23.8 Å². The van der Waals surface area contributed by atoms with E-state index in [0.29, 0.717) is 0 Å². The van der Waals surface area contributed by atoms with Gasteiger partial charge in [0.1, 0.15) is 0 Å². The minimum atomic E-state index is 0. The van der Waals surface area contributed by atoms with Gasteiger partial charge in [-0.05, 0) is 19.4 Å². The van der Waals surface area contributed by atoms with Gasteiger partial charge in [-0.2, -0.15) is 4.90 Å². The van der Waals surface area contributed by atoms with Crippen molar-refractivity contribution in [1.82, 2.24) is 0 Å². The van der Waals surface area contributed by atoms with Crippen LogP contribution in [0.25, 0.3) is 0 Å². The second kappa shape index (κ2) is 4.03. The van der Waals surface area contributed by atoms with Gasteiger partial charge in [0, 0.05) is 0 Å². The van der Waals surface area contributed by atoms with Crippen LogP contribution in [0.1, 0.15) is 11.1 Å². The quantitative estimate of drug-likeness (QED) is 0.340. The van der Waals surface area contributed by atoms with Crippen LogP contribution < -0.4 is 18.9 Å². The van der Waals surface area contributed by atoms with E-state index in [1.54, 1.807) is 0 Å². The topological polar surface area (TPSA) is 0 Å². The predicted octanol–water partition coefficient (Wildman–Crippen LogP) is -0.787. The van der Waals surface area contributed by atoms with Gasteiger partial charge < -0.3 is 12.6 Å². The normalized spacial score (nSPS) is 8.60. The Bertz CT molecular complexity index is 200. The third-order valence-corrected chi connectivity index (χ3v) is 2.00. The molecule has 10 heavy (non-hydrogen) atoms. The van der Waals surface area contributed by atoms with Crippen LogP contribution in [0.5, 0.6) is 0 Å². The van der Waals surface area contributed by atoms with Gasteiger partial charge in [0.15, 0.2) is 0 Å². The molecule has 0 saturated heterocycles. The molecule has 0 aliphatic heterocycles. The molecule has 0 aliphatic carbocycles. The van der Waals surface area contributed by atoms with Crippen LogP contribution in [-0.4, -0.2) is 0 Å². The van der Waals surface area contributed by atoms with Gasteiger partial charge in [0.25, 0.3) is 0 Å². The van der Waals surface area contributed by atoms with Crippen molar-refractivity contribution >= 4 is 12.6 Å². The Morgan fingerprint density at radius 2 is 1.80 bits per heavy atom. The standard InChI is InChI=1S/C8H10S.Li/c1-6-4-3-5-8(9)7(6)2;/h3-5,9H,1-2H3;/q;+1/p-1. The molecule has 0 unspecified atom stereocenters. The van der Waals surface area contributed by atoms with E-state index in [2.05, 4.69) is 19.9 Å². The Balaban J connectivity index is 0.000000810. The molecule has 48 valence electrons. The van der Waals surface area contributed by atoms with Crippen molar-refractivity contribution in [2.75, 3.05) is 0 Å². The molecule has 0 saturated carbocycles. The summed E-state index contributed by atoms with van der Waals surface area (Å²) in [4.78, 5) is 0.968. The summed E-state index contributed by atoms with van der Waals surface area (Å²) >= 11 is 5.04. The molecule has 0 fully saturated rings. The minimum Gasteiger partial charge on any atom is -0.779 e. The van der Waals surface area contributed by atoms with Crippen molar-refractivity contribution < 1.29 is 18.9 Å². The Labute approximate surface area is 79.6 Å². The molecule has 1 aromatic rings. The van der Waals surface area contributed by atoms with E-state index in [0.717, 1.165) is 4.90 Å². The Kier molecular flexibility index (Phi) is 4.04. The van der Waals surface area contributed by atoms with E-state index in [-0.39, 0.29) is 18.9 Å². The second-order valence-electron chi connectivity index (χ2n) is 2.20. The summed E-state index contributed by atoms with van der Waals surface area (Å²) in [6.45, 7) is 4.13. The molecular formula is C8H9LiS. The van der Waals surface area contributed by atoms with E-state index in [1.807, 2.05) is 12.1 Å². The van der Waals surface area contributed by atoms with E-state index < -0.39 is 0 Å². The number of hydrogen-bond donors (Lipinski definition) is 0. The van der Waals surface area contributed by atoms with Crippen LogP contribution in [0, 0.1) is 13.8 Å². The molecule has 0 aliphatic rings. The molecule has 0 spiro atoms. The second-order valence-corrected chi connectivity index (χ2v) is 2.64. The SMILES string of the molecule is Cc1cccc([S-])c1C.[Li+]. The van der Waals surface area contributed by atoms with Crippen LogP contribution in [0.4, 0.5) is 0 Å². The summed E-state index contributed by atoms with van der Waals surface area (Å²) in [5.41, 5.74) is 2.51. The average molecular weight is 144 g/mol. The fourth-order valence-electron chi connectivity index (χ4n) is 0.724. The van der Waals surface area contributed by atoms with Crippen LogP contribution in [0.3, 0.4) is 0 Å². The first-order valence-electron chi connectivity index (χ1n) is 2.95. The van der Waals surface area contributed by atoms with Gasteiger partial charge in [0.2, 0.25) is 0 Å². The van der Waals surface area contributed by atoms with Crippen molar-refractivity contribution in [2.45, 2.75) is 18.7 Å². The first kappa shape index (κ1) is 10.0. The predicted molar refractivity (Wildman–Crippen MR) is 41.5 cm³/mol. The van der Waals surface area contributed by atoms with E-state index in [4.69, 9.17) is 12.6 Å². The zero-order valence-electron chi connectivity index (χ0n) is 6.64. The summed E-state index contributed by atoms with van der Waals surface area (Å²) in [5, 5.41) is 0. The number of benzene rings is 1. The molecule has 0 amide bonds. The molecule has 0 bridgehead atoms. The molecule has 0 heterocycles. The van der Waals surface area contributed by atoms with Crippen molar-refractivity contribution in [3.8, 4) is 0 Å². The fraction of sp³-hybridized carbons (Fsp3) is 0.250. The van der Waals surface area contributed by atoms with Crippen molar-refractivity contribution in [2.24, 2.45) is 0 Å². The van der Waals surface area contributed by atoms with Crippen molar-refractivity contribution in [3.63, 3.8) is 0 Å². The van der Waals surface area contributed by atoms with E-state index in [1.165, 1.54) is 11.1 Å². The van der Waals surface area contributed by atoms with Gasteiger partial charge in [-0.15, -0.1) is 0 Å². The van der Waals surface area contributed by atoms with Crippen LogP contribution in [-0.2, 0) is 12.6 Å². The largest absolute Gasteiger partial charge is 1.00 e. The van der Waals surface area contributed by atoms with E-state index in [9.17, 15) is 0 Å². The molecule has 1 aromatic carbocycles. The van der Waals surface area contributed by atoms with Gasteiger partial charge in [-0.25, -0.2) is 0 Å². The Morgan fingerprint density at radius 3 is 2.20 bits per heavy atom. The average Bonchev–Trinajstić information content (AvgIpc) is 1.83. The molecule has 0 radical (unpaired) electrons. The summed E-state index contributed by atoms with van der Waals surface area (Å²) in [6.07, 6.45) is 0. The molecular weight excluding hydrogens is 135 g/mol. The summed E-state index contributed by atoms with van der Waals surface area (Å²) < 4.78 is 0. The van der Waals surface area contributed by atoms with Crippen LogP contribution in [0.15, 0.2) is 23.1 Å². The molecule has 0 atom stereocenters. The van der Waals surface area contributed by atoms with E-state index >= 15 is 0 Å². The number of rotatable bonds is 0. The van der Waals surface area contributed by atoms with Crippen molar-refractivity contribution in [1.29, 1.82) is 0 Å². The molecule has 1 rings (SSSR count). The van der Waals surface area contributed by atoms with Gasteiger partial charge >= 0.3 is 18.9 Å². The molecule has 0 N–H and O–H groups in total. The monoisotopic (exact) mass is 144 g/mol. The fourth-order valence-corrected chi connectivity index (χ4v) is 0.964. The Hall–Kier alpha value is 0.0374.